The summed E-state index contributed by atoms with van der Waals surface area (Å²) < 4.78 is 19.2. The van der Waals surface area contributed by atoms with Gasteiger partial charge in [-0.05, 0) is 37.6 Å². The molecule has 0 saturated carbocycles. The fourth-order valence-electron chi connectivity index (χ4n) is 1.98. The van der Waals surface area contributed by atoms with Crippen LogP contribution in [-0.4, -0.2) is 33.4 Å². The Morgan fingerprint density at radius 1 is 1.32 bits per heavy atom. The standard InChI is InChI=1S/C15H25FN2O/c1-4-8-17-12-13-6-7-15(14(16)11-13)18(5-2)9-10-19-3/h6-7,11,17H,4-5,8-10,12H2,1-3H3. The molecule has 0 fully saturated rings. The van der Waals surface area contributed by atoms with Crippen molar-refractivity contribution in [3.05, 3.63) is 29.6 Å². The second-order valence-electron chi connectivity index (χ2n) is 4.54. The Kier molecular flexibility index (Phi) is 7.45. The van der Waals surface area contributed by atoms with Crippen molar-refractivity contribution in [3.63, 3.8) is 0 Å². The van der Waals surface area contributed by atoms with Crippen LogP contribution in [0.4, 0.5) is 10.1 Å². The van der Waals surface area contributed by atoms with Gasteiger partial charge in [-0.1, -0.05) is 13.0 Å². The molecule has 0 aliphatic heterocycles. The second kappa shape index (κ2) is 8.88. The zero-order valence-electron chi connectivity index (χ0n) is 12.2. The molecule has 0 radical (unpaired) electrons. The molecule has 0 bridgehead atoms. The van der Waals surface area contributed by atoms with Gasteiger partial charge in [0, 0.05) is 26.7 Å². The fraction of sp³-hybridized carbons (Fsp3) is 0.600. The molecular weight excluding hydrogens is 243 g/mol. The van der Waals surface area contributed by atoms with E-state index in [4.69, 9.17) is 4.74 Å². The number of benzene rings is 1. The summed E-state index contributed by atoms with van der Waals surface area (Å²) in [5, 5.41) is 3.28. The maximum atomic E-state index is 14.1. The second-order valence-corrected chi connectivity index (χ2v) is 4.54. The number of halogens is 1. The molecule has 1 aromatic rings. The smallest absolute Gasteiger partial charge is 0.146 e. The Balaban J connectivity index is 2.69. The normalized spacial score (nSPS) is 10.7. The van der Waals surface area contributed by atoms with Crippen molar-refractivity contribution < 1.29 is 9.13 Å². The van der Waals surface area contributed by atoms with E-state index in [1.807, 2.05) is 24.0 Å². The van der Waals surface area contributed by atoms with Gasteiger partial charge in [-0.2, -0.15) is 0 Å². The van der Waals surface area contributed by atoms with Gasteiger partial charge in [-0.25, -0.2) is 4.39 Å². The van der Waals surface area contributed by atoms with Crippen molar-refractivity contribution in [2.75, 3.05) is 38.3 Å². The molecule has 3 nitrogen and oxygen atoms in total. The molecule has 1 aromatic carbocycles. The van der Waals surface area contributed by atoms with E-state index in [9.17, 15) is 4.39 Å². The summed E-state index contributed by atoms with van der Waals surface area (Å²) in [6.45, 7) is 7.89. The lowest BCUT2D eigenvalue weighted by Gasteiger charge is -2.23. The lowest BCUT2D eigenvalue weighted by atomic mass is 10.1. The van der Waals surface area contributed by atoms with Crippen LogP contribution in [0, 0.1) is 5.82 Å². The average Bonchev–Trinajstić information content (AvgIpc) is 2.41. The summed E-state index contributed by atoms with van der Waals surface area (Å²) in [4.78, 5) is 1.99. The van der Waals surface area contributed by atoms with Crippen LogP contribution in [0.15, 0.2) is 18.2 Å². The minimum atomic E-state index is -0.159. The maximum absolute atomic E-state index is 14.1. The molecule has 19 heavy (non-hydrogen) atoms. The first-order valence-electron chi connectivity index (χ1n) is 6.95. The summed E-state index contributed by atoms with van der Waals surface area (Å²) >= 11 is 0. The third-order valence-electron chi connectivity index (χ3n) is 3.06. The molecule has 1 N–H and O–H groups in total. The van der Waals surface area contributed by atoms with Crippen molar-refractivity contribution in [1.82, 2.24) is 5.32 Å². The Morgan fingerprint density at radius 3 is 2.68 bits per heavy atom. The number of nitrogens with one attached hydrogen (secondary N) is 1. The molecule has 0 amide bonds. The molecule has 1 rings (SSSR count). The van der Waals surface area contributed by atoms with Crippen LogP contribution in [0.5, 0.6) is 0 Å². The number of likely N-dealkylation sites (N-methyl/N-ethyl adjacent to an activating group) is 1. The first kappa shape index (κ1) is 15.9. The van der Waals surface area contributed by atoms with Crippen LogP contribution in [-0.2, 0) is 11.3 Å². The Hall–Kier alpha value is -1.13. The van der Waals surface area contributed by atoms with Crippen molar-refractivity contribution in [1.29, 1.82) is 0 Å². The van der Waals surface area contributed by atoms with Crippen LogP contribution in [0.3, 0.4) is 0 Å². The number of hydrogen-bond donors (Lipinski definition) is 1. The van der Waals surface area contributed by atoms with E-state index in [0.29, 0.717) is 18.8 Å². The molecule has 0 atom stereocenters. The minimum Gasteiger partial charge on any atom is -0.383 e. The maximum Gasteiger partial charge on any atom is 0.146 e. The Labute approximate surface area is 115 Å². The molecule has 0 aliphatic carbocycles. The number of anilines is 1. The zero-order valence-corrected chi connectivity index (χ0v) is 12.2. The van der Waals surface area contributed by atoms with Crippen LogP contribution in [0.1, 0.15) is 25.8 Å². The van der Waals surface area contributed by atoms with E-state index in [-0.39, 0.29) is 5.82 Å². The molecular formula is C15H25FN2O. The fourth-order valence-corrected chi connectivity index (χ4v) is 1.98. The first-order chi connectivity index (χ1) is 9.22. The van der Waals surface area contributed by atoms with Crippen LogP contribution < -0.4 is 10.2 Å². The highest BCUT2D eigenvalue weighted by Crippen LogP contribution is 2.20. The number of ether oxygens (including phenoxy) is 1. The molecule has 0 heterocycles. The predicted molar refractivity (Wildman–Crippen MR) is 78.2 cm³/mol. The number of rotatable bonds is 9. The highest BCUT2D eigenvalue weighted by Gasteiger charge is 2.10. The van der Waals surface area contributed by atoms with E-state index in [2.05, 4.69) is 12.2 Å². The summed E-state index contributed by atoms with van der Waals surface area (Å²) in [6, 6.07) is 5.46. The van der Waals surface area contributed by atoms with E-state index >= 15 is 0 Å². The van der Waals surface area contributed by atoms with E-state index in [1.165, 1.54) is 0 Å². The van der Waals surface area contributed by atoms with Gasteiger partial charge in [0.05, 0.1) is 12.3 Å². The summed E-state index contributed by atoms with van der Waals surface area (Å²) in [5.74, 6) is -0.159. The van der Waals surface area contributed by atoms with Gasteiger partial charge >= 0.3 is 0 Å². The molecule has 0 aliphatic rings. The molecule has 0 aromatic heterocycles. The Morgan fingerprint density at radius 2 is 2.11 bits per heavy atom. The lowest BCUT2D eigenvalue weighted by Crippen LogP contribution is -2.27. The van der Waals surface area contributed by atoms with Gasteiger partial charge in [0.1, 0.15) is 5.82 Å². The van der Waals surface area contributed by atoms with E-state index in [1.54, 1.807) is 13.2 Å². The van der Waals surface area contributed by atoms with E-state index < -0.39 is 0 Å². The molecule has 0 spiro atoms. The Bertz CT molecular complexity index is 371. The molecule has 4 heteroatoms. The highest BCUT2D eigenvalue weighted by atomic mass is 19.1. The van der Waals surface area contributed by atoms with Gasteiger partial charge in [0.15, 0.2) is 0 Å². The van der Waals surface area contributed by atoms with Crippen molar-refractivity contribution in [2.45, 2.75) is 26.8 Å². The summed E-state index contributed by atoms with van der Waals surface area (Å²) in [7, 11) is 1.66. The van der Waals surface area contributed by atoms with Gasteiger partial charge in [-0.3, -0.25) is 0 Å². The third kappa shape index (κ3) is 5.17. The number of hydrogen-bond acceptors (Lipinski definition) is 3. The lowest BCUT2D eigenvalue weighted by molar-refractivity contribution is 0.205. The van der Waals surface area contributed by atoms with E-state index in [0.717, 1.165) is 31.6 Å². The highest BCUT2D eigenvalue weighted by molar-refractivity contribution is 5.49. The summed E-state index contributed by atoms with van der Waals surface area (Å²) in [6.07, 6.45) is 1.08. The largest absolute Gasteiger partial charge is 0.383 e. The summed E-state index contributed by atoms with van der Waals surface area (Å²) in [5.41, 5.74) is 1.64. The van der Waals surface area contributed by atoms with Crippen LogP contribution in [0.25, 0.3) is 0 Å². The van der Waals surface area contributed by atoms with Crippen molar-refractivity contribution in [3.8, 4) is 0 Å². The quantitative estimate of drug-likeness (QED) is 0.697. The van der Waals surface area contributed by atoms with Crippen molar-refractivity contribution >= 4 is 5.69 Å². The van der Waals surface area contributed by atoms with Crippen LogP contribution in [0.2, 0.25) is 0 Å². The average molecular weight is 268 g/mol. The minimum absolute atomic E-state index is 0.159. The van der Waals surface area contributed by atoms with Gasteiger partial charge in [0.25, 0.3) is 0 Å². The zero-order chi connectivity index (χ0) is 14.1. The van der Waals surface area contributed by atoms with Crippen LogP contribution >= 0.6 is 0 Å². The topological polar surface area (TPSA) is 24.5 Å². The number of nitrogens with zero attached hydrogens (tertiary/aromatic N) is 1. The molecule has 108 valence electrons. The van der Waals surface area contributed by atoms with Gasteiger partial charge in [-0.15, -0.1) is 0 Å². The molecule has 0 saturated heterocycles. The van der Waals surface area contributed by atoms with Gasteiger partial charge in [0.2, 0.25) is 0 Å². The first-order valence-corrected chi connectivity index (χ1v) is 6.95. The van der Waals surface area contributed by atoms with Crippen molar-refractivity contribution in [2.24, 2.45) is 0 Å². The third-order valence-corrected chi connectivity index (χ3v) is 3.06. The van der Waals surface area contributed by atoms with Gasteiger partial charge < -0.3 is 15.0 Å². The molecule has 0 unspecified atom stereocenters. The predicted octanol–water partition coefficient (Wildman–Crippen LogP) is 2.80. The monoisotopic (exact) mass is 268 g/mol. The SMILES string of the molecule is CCCNCc1ccc(N(CC)CCOC)c(F)c1. The number of methoxy groups -OCH3 is 1.